The Morgan fingerprint density at radius 1 is 0.970 bits per heavy atom. The molecule has 1 fully saturated rings. The zero-order chi connectivity index (χ0) is 24.2. The molecule has 8 heteroatoms. The van der Waals surface area contributed by atoms with Gasteiger partial charge in [0.05, 0.1) is 24.0 Å². The van der Waals surface area contributed by atoms with Crippen LogP contribution in [-0.4, -0.2) is 62.2 Å². The first-order chi connectivity index (χ1) is 15.6. The Bertz CT molecular complexity index is 1020. The first-order valence-electron chi connectivity index (χ1n) is 11.0. The Morgan fingerprint density at radius 2 is 1.58 bits per heavy atom. The van der Waals surface area contributed by atoms with Crippen molar-refractivity contribution in [3.63, 3.8) is 0 Å². The molecule has 7 nitrogen and oxygen atoms in total. The van der Waals surface area contributed by atoms with E-state index >= 15 is 0 Å². The largest absolute Gasteiger partial charge is 0.465 e. The number of carbonyl (C=O) groups excluding carboxylic acids is 2. The van der Waals surface area contributed by atoms with Crippen molar-refractivity contribution in [2.24, 2.45) is 0 Å². The van der Waals surface area contributed by atoms with Crippen molar-refractivity contribution in [3.8, 4) is 0 Å². The van der Waals surface area contributed by atoms with Crippen molar-refractivity contribution in [3.05, 3.63) is 59.2 Å². The summed E-state index contributed by atoms with van der Waals surface area (Å²) >= 11 is 5.43. The Labute approximate surface area is 201 Å². The van der Waals surface area contributed by atoms with Gasteiger partial charge < -0.3 is 19.9 Å². The van der Waals surface area contributed by atoms with Crippen LogP contribution in [0.15, 0.2) is 42.5 Å². The third-order valence-electron chi connectivity index (χ3n) is 5.75. The fourth-order valence-electron chi connectivity index (χ4n) is 3.65. The molecular weight excluding hydrogens is 436 g/mol. The minimum Gasteiger partial charge on any atom is -0.465 e. The highest BCUT2D eigenvalue weighted by Gasteiger charge is 2.20. The van der Waals surface area contributed by atoms with Crippen molar-refractivity contribution in [1.29, 1.82) is 0 Å². The molecule has 0 radical (unpaired) electrons. The van der Waals surface area contributed by atoms with Gasteiger partial charge in [0, 0.05) is 31.7 Å². The van der Waals surface area contributed by atoms with E-state index in [9.17, 15) is 9.59 Å². The van der Waals surface area contributed by atoms with Gasteiger partial charge in [-0.3, -0.25) is 10.1 Å². The second-order valence-corrected chi connectivity index (χ2v) is 9.66. The second kappa shape index (κ2) is 10.3. The van der Waals surface area contributed by atoms with E-state index < -0.39 is 5.97 Å². The number of esters is 1. The molecular formula is C25H32N4O3S. The molecule has 2 aromatic carbocycles. The molecule has 2 N–H and O–H groups in total. The average molecular weight is 469 g/mol. The summed E-state index contributed by atoms with van der Waals surface area (Å²) in [6.07, 6.45) is 0. The van der Waals surface area contributed by atoms with Crippen molar-refractivity contribution < 1.29 is 14.3 Å². The lowest BCUT2D eigenvalue weighted by atomic mass is 9.87. The predicted octanol–water partition coefficient (Wildman–Crippen LogP) is 3.65. The van der Waals surface area contributed by atoms with E-state index in [1.165, 1.54) is 7.11 Å². The number of nitrogens with zero attached hydrogens (tertiary/aromatic N) is 2. The molecule has 1 amide bonds. The molecule has 1 aliphatic rings. The molecule has 0 unspecified atom stereocenters. The van der Waals surface area contributed by atoms with Gasteiger partial charge in [-0.05, 0) is 60.6 Å². The summed E-state index contributed by atoms with van der Waals surface area (Å²) < 4.78 is 4.86. The van der Waals surface area contributed by atoms with Gasteiger partial charge in [-0.25, -0.2) is 4.79 Å². The van der Waals surface area contributed by atoms with Crippen molar-refractivity contribution in [2.45, 2.75) is 26.2 Å². The first kappa shape index (κ1) is 24.7. The van der Waals surface area contributed by atoms with Gasteiger partial charge in [-0.15, -0.1) is 0 Å². The number of piperazine rings is 1. The van der Waals surface area contributed by atoms with Gasteiger partial charge >= 0.3 is 5.97 Å². The highest BCUT2D eigenvalue weighted by Crippen LogP contribution is 2.29. The number of likely N-dealkylation sites (N-methyl/N-ethyl adjacent to an activating group) is 1. The number of nitrogens with one attached hydrogen (secondary N) is 2. The monoisotopic (exact) mass is 468 g/mol. The van der Waals surface area contributed by atoms with Crippen molar-refractivity contribution in [2.75, 3.05) is 50.6 Å². The molecule has 1 aliphatic heterocycles. The summed E-state index contributed by atoms with van der Waals surface area (Å²) in [5, 5.41) is 6.02. The van der Waals surface area contributed by atoms with Crippen LogP contribution in [0.25, 0.3) is 0 Å². The highest BCUT2D eigenvalue weighted by molar-refractivity contribution is 7.80. The molecule has 176 valence electrons. The molecule has 33 heavy (non-hydrogen) atoms. The molecule has 2 aromatic rings. The number of carbonyl (C=O) groups is 2. The van der Waals surface area contributed by atoms with Gasteiger partial charge in [0.25, 0.3) is 5.91 Å². The predicted molar refractivity (Wildman–Crippen MR) is 136 cm³/mol. The number of thiocarbonyl (C=S) groups is 1. The maximum Gasteiger partial charge on any atom is 0.337 e. The van der Waals surface area contributed by atoms with Crippen LogP contribution < -0.4 is 15.5 Å². The summed E-state index contributed by atoms with van der Waals surface area (Å²) in [6.45, 7) is 9.95. The topological polar surface area (TPSA) is 73.9 Å². The van der Waals surface area contributed by atoms with E-state index in [0.717, 1.165) is 37.4 Å². The van der Waals surface area contributed by atoms with Crippen LogP contribution in [0.1, 0.15) is 47.1 Å². The molecule has 0 atom stereocenters. The highest BCUT2D eigenvalue weighted by atomic mass is 32.1. The molecule has 1 heterocycles. The fraction of sp³-hybridized carbons (Fsp3) is 0.400. The van der Waals surface area contributed by atoms with Crippen molar-refractivity contribution >= 4 is 40.6 Å². The normalized spacial score (nSPS) is 14.5. The van der Waals surface area contributed by atoms with Gasteiger partial charge in [0.15, 0.2) is 5.11 Å². The summed E-state index contributed by atoms with van der Waals surface area (Å²) in [6, 6.07) is 12.8. The zero-order valence-electron chi connectivity index (χ0n) is 19.9. The van der Waals surface area contributed by atoms with E-state index in [0.29, 0.717) is 16.8 Å². The summed E-state index contributed by atoms with van der Waals surface area (Å²) in [7, 11) is 3.44. The van der Waals surface area contributed by atoms with Gasteiger partial charge in [-0.2, -0.15) is 0 Å². The van der Waals surface area contributed by atoms with Gasteiger partial charge in [-0.1, -0.05) is 32.9 Å². The maximum absolute atomic E-state index is 12.7. The number of benzene rings is 2. The number of hydrogen-bond acceptors (Lipinski definition) is 6. The van der Waals surface area contributed by atoms with Crippen LogP contribution in [0.2, 0.25) is 0 Å². The number of methoxy groups -OCH3 is 1. The van der Waals surface area contributed by atoms with Crippen LogP contribution in [0.3, 0.4) is 0 Å². The lowest BCUT2D eigenvalue weighted by molar-refractivity contribution is 0.0600. The fourth-order valence-corrected chi connectivity index (χ4v) is 3.86. The molecule has 0 spiro atoms. The maximum atomic E-state index is 12.7. The standard InChI is InChI=1S/C25H32N4O3S/c1-25(2,3)19-9-6-17(7-10-19)22(30)27-24(33)26-20-16-18(23(31)32-5)8-11-21(20)29-14-12-28(4)13-15-29/h6-11,16H,12-15H2,1-5H3,(H2,26,27,30,33). The molecule has 1 saturated heterocycles. The molecule has 0 aliphatic carbocycles. The SMILES string of the molecule is COC(=O)c1ccc(N2CCN(C)CC2)c(NC(=S)NC(=O)c2ccc(C(C)(C)C)cc2)c1. The van der Waals surface area contributed by atoms with E-state index in [-0.39, 0.29) is 16.4 Å². The van der Waals surface area contributed by atoms with Gasteiger partial charge in [0.2, 0.25) is 0 Å². The minimum atomic E-state index is -0.433. The van der Waals surface area contributed by atoms with E-state index in [1.54, 1.807) is 24.3 Å². The third-order valence-corrected chi connectivity index (χ3v) is 5.95. The Balaban J connectivity index is 1.76. The molecule has 0 saturated carbocycles. The summed E-state index contributed by atoms with van der Waals surface area (Å²) in [5.74, 6) is -0.727. The Kier molecular flexibility index (Phi) is 7.71. The lowest BCUT2D eigenvalue weighted by Gasteiger charge is -2.35. The van der Waals surface area contributed by atoms with E-state index in [2.05, 4.69) is 48.3 Å². The Morgan fingerprint density at radius 3 is 2.15 bits per heavy atom. The number of amides is 1. The Hall–Kier alpha value is -2.97. The summed E-state index contributed by atoms with van der Waals surface area (Å²) in [5.41, 5.74) is 3.66. The first-order valence-corrected chi connectivity index (χ1v) is 11.4. The van der Waals surface area contributed by atoms with Crippen LogP contribution >= 0.6 is 12.2 Å². The van der Waals surface area contributed by atoms with Crippen LogP contribution in [0, 0.1) is 0 Å². The number of ether oxygens (including phenoxy) is 1. The number of rotatable bonds is 4. The van der Waals surface area contributed by atoms with E-state index in [1.807, 2.05) is 18.2 Å². The molecule has 0 aromatic heterocycles. The minimum absolute atomic E-state index is 0.0101. The lowest BCUT2D eigenvalue weighted by Crippen LogP contribution is -2.45. The number of anilines is 2. The second-order valence-electron chi connectivity index (χ2n) is 9.25. The quantitative estimate of drug-likeness (QED) is 0.524. The zero-order valence-corrected chi connectivity index (χ0v) is 20.7. The third kappa shape index (κ3) is 6.30. The average Bonchev–Trinajstić information content (AvgIpc) is 2.78. The van der Waals surface area contributed by atoms with Crippen LogP contribution in [0.5, 0.6) is 0 Å². The summed E-state index contributed by atoms with van der Waals surface area (Å²) in [4.78, 5) is 29.3. The van der Waals surface area contributed by atoms with Gasteiger partial charge in [0.1, 0.15) is 0 Å². The molecule has 3 rings (SSSR count). The van der Waals surface area contributed by atoms with E-state index in [4.69, 9.17) is 17.0 Å². The molecule has 0 bridgehead atoms. The van der Waals surface area contributed by atoms with Crippen LogP contribution in [-0.2, 0) is 10.2 Å². The van der Waals surface area contributed by atoms with Crippen LogP contribution in [0.4, 0.5) is 11.4 Å². The number of hydrogen-bond donors (Lipinski definition) is 2. The van der Waals surface area contributed by atoms with Crippen molar-refractivity contribution in [1.82, 2.24) is 10.2 Å². The smallest absolute Gasteiger partial charge is 0.337 e.